The summed E-state index contributed by atoms with van der Waals surface area (Å²) >= 11 is 0. The Labute approximate surface area is 99.9 Å². The van der Waals surface area contributed by atoms with Crippen LogP contribution in [0.15, 0.2) is 16.5 Å². The molecule has 0 radical (unpaired) electrons. The highest BCUT2D eigenvalue weighted by molar-refractivity contribution is 5.06. The molecule has 0 saturated heterocycles. The minimum Gasteiger partial charge on any atom is -0.462 e. The second kappa shape index (κ2) is 5.66. The quantitative estimate of drug-likeness (QED) is 0.809. The molecule has 1 aromatic heterocycles. The first-order valence-electron chi connectivity index (χ1n) is 5.01. The molecule has 3 nitrogen and oxygen atoms in total. The van der Waals surface area contributed by atoms with Crippen molar-refractivity contribution in [1.29, 1.82) is 0 Å². The van der Waals surface area contributed by atoms with Crippen molar-refractivity contribution in [2.75, 3.05) is 13.7 Å². The lowest BCUT2D eigenvalue weighted by atomic mass is 10.3. The van der Waals surface area contributed by atoms with Crippen LogP contribution in [-0.2, 0) is 17.9 Å². The van der Waals surface area contributed by atoms with E-state index in [9.17, 15) is 22.0 Å². The largest absolute Gasteiger partial charge is 0.462 e. The lowest BCUT2D eigenvalue weighted by Crippen LogP contribution is -2.40. The molecule has 1 rings (SSSR count). The predicted molar refractivity (Wildman–Crippen MR) is 52.1 cm³/mol. The monoisotopic (exact) mass is 273 g/mol. The average Bonchev–Trinajstić information content (AvgIpc) is 2.64. The standard InChI is InChI=1S/C10H12F5NO2/c1-16-4-7-2-3-8(18-7)5-17-6-9(11,12)10(13,14)15/h2-3,16H,4-6H2,1H3. The molecule has 0 bridgehead atoms. The summed E-state index contributed by atoms with van der Waals surface area (Å²) in [6.07, 6.45) is -5.60. The van der Waals surface area contributed by atoms with E-state index in [0.717, 1.165) is 0 Å². The van der Waals surface area contributed by atoms with Gasteiger partial charge in [0.25, 0.3) is 0 Å². The number of ether oxygens (including phenoxy) is 1. The van der Waals surface area contributed by atoms with Gasteiger partial charge < -0.3 is 14.5 Å². The van der Waals surface area contributed by atoms with Crippen molar-refractivity contribution in [3.05, 3.63) is 23.7 Å². The van der Waals surface area contributed by atoms with Crippen LogP contribution in [0.25, 0.3) is 0 Å². The maximum absolute atomic E-state index is 12.5. The van der Waals surface area contributed by atoms with E-state index in [1.54, 1.807) is 13.1 Å². The molecule has 0 aliphatic carbocycles. The van der Waals surface area contributed by atoms with Crippen LogP contribution in [0, 0.1) is 0 Å². The number of hydrogen-bond donors (Lipinski definition) is 1. The lowest BCUT2D eigenvalue weighted by molar-refractivity contribution is -0.297. The van der Waals surface area contributed by atoms with Crippen LogP contribution in [-0.4, -0.2) is 25.8 Å². The van der Waals surface area contributed by atoms with Crippen LogP contribution >= 0.6 is 0 Å². The van der Waals surface area contributed by atoms with Gasteiger partial charge in [-0.2, -0.15) is 22.0 Å². The van der Waals surface area contributed by atoms with Gasteiger partial charge in [-0.1, -0.05) is 0 Å². The third-order valence-electron chi connectivity index (χ3n) is 2.01. The van der Waals surface area contributed by atoms with E-state index in [-0.39, 0.29) is 5.76 Å². The summed E-state index contributed by atoms with van der Waals surface area (Å²) in [6.45, 7) is -1.73. The molecule has 0 atom stereocenters. The number of rotatable bonds is 6. The SMILES string of the molecule is CNCc1ccc(COCC(F)(F)C(F)(F)F)o1. The summed E-state index contributed by atoms with van der Waals surface area (Å²) in [6, 6.07) is 3.04. The number of nitrogens with one attached hydrogen (secondary N) is 1. The first-order chi connectivity index (χ1) is 8.26. The van der Waals surface area contributed by atoms with E-state index in [4.69, 9.17) is 4.42 Å². The van der Waals surface area contributed by atoms with Gasteiger partial charge >= 0.3 is 12.1 Å². The fraction of sp³-hybridized carbons (Fsp3) is 0.600. The van der Waals surface area contributed by atoms with Gasteiger partial charge in [-0.05, 0) is 19.2 Å². The van der Waals surface area contributed by atoms with Crippen molar-refractivity contribution in [2.24, 2.45) is 0 Å². The van der Waals surface area contributed by atoms with Crippen LogP contribution < -0.4 is 5.32 Å². The molecule has 0 fully saturated rings. The summed E-state index contributed by atoms with van der Waals surface area (Å²) in [5.74, 6) is -4.12. The van der Waals surface area contributed by atoms with Gasteiger partial charge in [-0.15, -0.1) is 0 Å². The van der Waals surface area contributed by atoms with E-state index in [0.29, 0.717) is 12.3 Å². The molecular formula is C10H12F5NO2. The van der Waals surface area contributed by atoms with Crippen LogP contribution in [0.5, 0.6) is 0 Å². The van der Waals surface area contributed by atoms with Crippen molar-refractivity contribution in [3.63, 3.8) is 0 Å². The van der Waals surface area contributed by atoms with Gasteiger partial charge in [0, 0.05) is 0 Å². The van der Waals surface area contributed by atoms with Crippen LogP contribution in [0.2, 0.25) is 0 Å². The summed E-state index contributed by atoms with van der Waals surface area (Å²) in [5, 5.41) is 2.79. The number of alkyl halides is 5. The summed E-state index contributed by atoms with van der Waals surface area (Å²) in [5.41, 5.74) is 0. The second-order valence-corrected chi connectivity index (χ2v) is 3.59. The molecule has 0 aromatic carbocycles. The average molecular weight is 273 g/mol. The Kier molecular flexibility index (Phi) is 4.69. The Hall–Kier alpha value is -1.15. The summed E-state index contributed by atoms with van der Waals surface area (Å²) in [7, 11) is 1.68. The molecule has 0 spiro atoms. The molecule has 0 aliphatic heterocycles. The summed E-state index contributed by atoms with van der Waals surface area (Å²) < 4.78 is 69.8. The summed E-state index contributed by atoms with van der Waals surface area (Å²) in [4.78, 5) is 0. The molecule has 0 aliphatic rings. The molecule has 18 heavy (non-hydrogen) atoms. The number of halogens is 5. The molecule has 0 amide bonds. The van der Waals surface area contributed by atoms with Crippen molar-refractivity contribution >= 4 is 0 Å². The van der Waals surface area contributed by atoms with E-state index < -0.39 is 25.3 Å². The van der Waals surface area contributed by atoms with Gasteiger partial charge in [-0.3, -0.25) is 0 Å². The zero-order valence-electron chi connectivity index (χ0n) is 9.48. The van der Waals surface area contributed by atoms with E-state index in [1.807, 2.05) is 0 Å². The smallest absolute Gasteiger partial charge is 0.455 e. The van der Waals surface area contributed by atoms with Gasteiger partial charge in [0.2, 0.25) is 0 Å². The molecule has 1 aromatic rings. The highest BCUT2D eigenvalue weighted by Gasteiger charge is 2.57. The van der Waals surface area contributed by atoms with Crippen molar-refractivity contribution in [1.82, 2.24) is 5.32 Å². The van der Waals surface area contributed by atoms with E-state index in [1.165, 1.54) is 6.07 Å². The third-order valence-corrected chi connectivity index (χ3v) is 2.01. The van der Waals surface area contributed by atoms with Gasteiger partial charge in [0.1, 0.15) is 24.7 Å². The Morgan fingerprint density at radius 1 is 1.17 bits per heavy atom. The number of hydrogen-bond acceptors (Lipinski definition) is 3. The third kappa shape index (κ3) is 3.95. The normalized spacial score (nSPS) is 13.0. The maximum Gasteiger partial charge on any atom is 0.455 e. The van der Waals surface area contributed by atoms with Gasteiger partial charge in [0.15, 0.2) is 0 Å². The Morgan fingerprint density at radius 3 is 2.33 bits per heavy atom. The zero-order chi connectivity index (χ0) is 13.8. The topological polar surface area (TPSA) is 34.4 Å². The second-order valence-electron chi connectivity index (χ2n) is 3.59. The van der Waals surface area contributed by atoms with Crippen molar-refractivity contribution < 1.29 is 31.1 Å². The zero-order valence-corrected chi connectivity index (χ0v) is 9.48. The Balaban J connectivity index is 2.41. The molecule has 1 N–H and O–H groups in total. The fourth-order valence-electron chi connectivity index (χ4n) is 1.13. The van der Waals surface area contributed by atoms with Crippen LogP contribution in [0.1, 0.15) is 11.5 Å². The van der Waals surface area contributed by atoms with Crippen molar-refractivity contribution in [2.45, 2.75) is 25.3 Å². The lowest BCUT2D eigenvalue weighted by Gasteiger charge is -2.18. The first-order valence-corrected chi connectivity index (χ1v) is 5.01. The Bertz CT molecular complexity index is 375. The Morgan fingerprint density at radius 2 is 1.78 bits per heavy atom. The van der Waals surface area contributed by atoms with E-state index in [2.05, 4.69) is 10.1 Å². The van der Waals surface area contributed by atoms with Gasteiger partial charge in [-0.25, -0.2) is 0 Å². The predicted octanol–water partition coefficient (Wildman–Crippen LogP) is 2.71. The highest BCUT2D eigenvalue weighted by atomic mass is 19.4. The fourth-order valence-corrected chi connectivity index (χ4v) is 1.13. The van der Waals surface area contributed by atoms with Gasteiger partial charge in [0.05, 0.1) is 6.54 Å². The number of furan rings is 1. The van der Waals surface area contributed by atoms with Crippen LogP contribution in [0.3, 0.4) is 0 Å². The molecule has 104 valence electrons. The first kappa shape index (κ1) is 14.9. The molecule has 8 heteroatoms. The maximum atomic E-state index is 12.5. The highest BCUT2D eigenvalue weighted by Crippen LogP contribution is 2.35. The molecule has 0 saturated carbocycles. The molecule has 1 heterocycles. The minimum atomic E-state index is -5.60. The van der Waals surface area contributed by atoms with Crippen molar-refractivity contribution in [3.8, 4) is 0 Å². The van der Waals surface area contributed by atoms with Crippen LogP contribution in [0.4, 0.5) is 22.0 Å². The molecule has 0 unspecified atom stereocenters. The molecular weight excluding hydrogens is 261 g/mol. The van der Waals surface area contributed by atoms with E-state index >= 15 is 0 Å². The minimum absolute atomic E-state index is 0.193.